The molecule has 0 aliphatic carbocycles. The molecule has 112 valence electrons. The van der Waals surface area contributed by atoms with Crippen LogP contribution in [0, 0.1) is 6.92 Å². The number of hydrogen-bond acceptors (Lipinski definition) is 3. The van der Waals surface area contributed by atoms with Crippen molar-refractivity contribution in [3.8, 4) is 0 Å². The molecule has 1 aromatic carbocycles. The summed E-state index contributed by atoms with van der Waals surface area (Å²) in [5.74, 6) is 0. The zero-order valence-electron chi connectivity index (χ0n) is 12.6. The number of halogens is 1. The molecule has 0 amide bonds. The fraction of sp³-hybridized carbons (Fsp3) is 0.353. The molecule has 0 saturated heterocycles. The monoisotopic (exact) mass is 347 g/mol. The number of aromatic nitrogens is 1. The van der Waals surface area contributed by atoms with Gasteiger partial charge in [0.05, 0.1) is 0 Å². The minimum absolute atomic E-state index is 0.240. The third-order valence-electron chi connectivity index (χ3n) is 3.84. The average molecular weight is 348 g/mol. The Morgan fingerprint density at radius 1 is 1.24 bits per heavy atom. The average Bonchev–Trinajstić information content (AvgIpc) is 2.50. The predicted molar refractivity (Wildman–Crippen MR) is 91.2 cm³/mol. The van der Waals surface area contributed by atoms with Crippen LogP contribution in [-0.2, 0) is 6.42 Å². The summed E-state index contributed by atoms with van der Waals surface area (Å²) >= 11 is 3.60. The van der Waals surface area contributed by atoms with Crippen molar-refractivity contribution in [1.82, 2.24) is 9.88 Å². The zero-order chi connectivity index (χ0) is 15.2. The van der Waals surface area contributed by atoms with Crippen LogP contribution in [-0.4, -0.2) is 30.0 Å². The van der Waals surface area contributed by atoms with Crippen LogP contribution in [0.2, 0.25) is 0 Å². The number of nitrogens with two attached hydrogens (primary N) is 1. The Bertz CT molecular complexity index is 572. The summed E-state index contributed by atoms with van der Waals surface area (Å²) in [6.45, 7) is 3.68. The van der Waals surface area contributed by atoms with E-state index in [1.54, 1.807) is 0 Å². The van der Waals surface area contributed by atoms with Gasteiger partial charge in [-0.3, -0.25) is 9.88 Å². The molecular weight excluding hydrogens is 326 g/mol. The summed E-state index contributed by atoms with van der Waals surface area (Å²) in [6.07, 6.45) is 4.68. The Morgan fingerprint density at radius 2 is 1.95 bits per heavy atom. The fourth-order valence-electron chi connectivity index (χ4n) is 2.40. The van der Waals surface area contributed by atoms with Gasteiger partial charge < -0.3 is 5.73 Å². The van der Waals surface area contributed by atoms with Gasteiger partial charge in [0.1, 0.15) is 0 Å². The molecule has 0 bridgehead atoms. The standard InChI is InChI=1S/C17H22BrN3/c1-13-3-4-15(11-16(13)18)17(12-19)21(2)10-7-14-5-8-20-9-6-14/h3-6,8-9,11,17H,7,10,12,19H2,1-2H3. The molecule has 0 radical (unpaired) electrons. The molecule has 2 aromatic rings. The van der Waals surface area contributed by atoms with E-state index in [1.165, 1.54) is 16.7 Å². The lowest BCUT2D eigenvalue weighted by Crippen LogP contribution is -2.32. The molecule has 0 aliphatic rings. The molecule has 0 saturated carbocycles. The highest BCUT2D eigenvalue weighted by atomic mass is 79.9. The number of pyridine rings is 1. The molecule has 21 heavy (non-hydrogen) atoms. The highest BCUT2D eigenvalue weighted by Gasteiger charge is 2.16. The van der Waals surface area contributed by atoms with Gasteiger partial charge in [-0.25, -0.2) is 0 Å². The van der Waals surface area contributed by atoms with Crippen molar-refractivity contribution in [1.29, 1.82) is 0 Å². The smallest absolute Gasteiger partial charge is 0.0467 e. The van der Waals surface area contributed by atoms with Gasteiger partial charge in [0, 0.05) is 36.0 Å². The van der Waals surface area contributed by atoms with Gasteiger partial charge in [-0.2, -0.15) is 0 Å². The van der Waals surface area contributed by atoms with Crippen LogP contribution in [0.1, 0.15) is 22.7 Å². The van der Waals surface area contributed by atoms with E-state index in [-0.39, 0.29) is 6.04 Å². The summed E-state index contributed by atoms with van der Waals surface area (Å²) in [6, 6.07) is 10.8. The van der Waals surface area contributed by atoms with Gasteiger partial charge in [-0.05, 0) is 55.3 Å². The summed E-state index contributed by atoms with van der Waals surface area (Å²) in [5, 5.41) is 0. The number of nitrogens with zero attached hydrogens (tertiary/aromatic N) is 2. The predicted octanol–water partition coefficient (Wildman–Crippen LogP) is 3.33. The van der Waals surface area contributed by atoms with Crippen molar-refractivity contribution in [2.45, 2.75) is 19.4 Å². The first-order valence-electron chi connectivity index (χ1n) is 7.17. The van der Waals surface area contributed by atoms with Crippen molar-refractivity contribution in [3.63, 3.8) is 0 Å². The Labute approximate surface area is 135 Å². The van der Waals surface area contributed by atoms with E-state index >= 15 is 0 Å². The van der Waals surface area contributed by atoms with E-state index in [9.17, 15) is 0 Å². The van der Waals surface area contributed by atoms with Gasteiger partial charge in [0.15, 0.2) is 0 Å². The number of likely N-dealkylation sites (N-methyl/N-ethyl adjacent to an activating group) is 1. The van der Waals surface area contributed by atoms with Crippen LogP contribution < -0.4 is 5.73 Å². The minimum atomic E-state index is 0.240. The lowest BCUT2D eigenvalue weighted by Gasteiger charge is -2.27. The lowest BCUT2D eigenvalue weighted by atomic mass is 10.0. The summed E-state index contributed by atoms with van der Waals surface area (Å²) in [4.78, 5) is 6.37. The molecule has 3 nitrogen and oxygen atoms in total. The Hall–Kier alpha value is -1.23. The van der Waals surface area contributed by atoms with Gasteiger partial charge in [-0.15, -0.1) is 0 Å². The molecule has 2 rings (SSSR count). The van der Waals surface area contributed by atoms with Gasteiger partial charge in [0.2, 0.25) is 0 Å². The summed E-state index contributed by atoms with van der Waals surface area (Å²) in [5.41, 5.74) is 9.80. The zero-order valence-corrected chi connectivity index (χ0v) is 14.2. The van der Waals surface area contributed by atoms with Crippen molar-refractivity contribution in [3.05, 3.63) is 63.9 Å². The van der Waals surface area contributed by atoms with Crippen molar-refractivity contribution < 1.29 is 0 Å². The maximum Gasteiger partial charge on any atom is 0.0467 e. The van der Waals surface area contributed by atoms with E-state index in [2.05, 4.69) is 70.1 Å². The molecule has 1 unspecified atom stereocenters. The van der Waals surface area contributed by atoms with Crippen LogP contribution in [0.5, 0.6) is 0 Å². The van der Waals surface area contributed by atoms with Crippen molar-refractivity contribution >= 4 is 15.9 Å². The quantitative estimate of drug-likeness (QED) is 0.871. The molecule has 1 atom stereocenters. The third kappa shape index (κ3) is 4.37. The van der Waals surface area contributed by atoms with E-state index in [4.69, 9.17) is 5.73 Å². The first-order chi connectivity index (χ1) is 10.1. The number of hydrogen-bond donors (Lipinski definition) is 1. The Morgan fingerprint density at radius 3 is 2.57 bits per heavy atom. The fourth-order valence-corrected chi connectivity index (χ4v) is 2.79. The SMILES string of the molecule is Cc1ccc(C(CN)N(C)CCc2ccncc2)cc1Br. The van der Waals surface area contributed by atoms with E-state index in [1.807, 2.05) is 12.4 Å². The third-order valence-corrected chi connectivity index (χ3v) is 4.69. The number of aryl methyl sites for hydroxylation is 1. The highest BCUT2D eigenvalue weighted by Crippen LogP contribution is 2.24. The maximum absolute atomic E-state index is 6.00. The molecule has 1 heterocycles. The van der Waals surface area contributed by atoms with Gasteiger partial charge in [-0.1, -0.05) is 28.1 Å². The second-order valence-electron chi connectivity index (χ2n) is 5.35. The second-order valence-corrected chi connectivity index (χ2v) is 6.20. The Balaban J connectivity index is 2.04. The van der Waals surface area contributed by atoms with Gasteiger partial charge in [0.25, 0.3) is 0 Å². The first kappa shape index (κ1) is 16.1. The molecule has 1 aromatic heterocycles. The van der Waals surface area contributed by atoms with E-state index in [0.29, 0.717) is 6.54 Å². The largest absolute Gasteiger partial charge is 0.329 e. The molecule has 0 spiro atoms. The molecule has 0 aliphatic heterocycles. The van der Waals surface area contributed by atoms with Crippen LogP contribution in [0.25, 0.3) is 0 Å². The molecule has 0 fully saturated rings. The van der Waals surface area contributed by atoms with Crippen molar-refractivity contribution in [2.24, 2.45) is 5.73 Å². The van der Waals surface area contributed by atoms with Crippen LogP contribution >= 0.6 is 15.9 Å². The number of benzene rings is 1. The topological polar surface area (TPSA) is 42.1 Å². The normalized spacial score (nSPS) is 12.6. The molecule has 4 heteroatoms. The summed E-state index contributed by atoms with van der Waals surface area (Å²) in [7, 11) is 2.13. The van der Waals surface area contributed by atoms with Gasteiger partial charge >= 0.3 is 0 Å². The first-order valence-corrected chi connectivity index (χ1v) is 7.96. The highest BCUT2D eigenvalue weighted by molar-refractivity contribution is 9.10. The second kappa shape index (κ2) is 7.69. The lowest BCUT2D eigenvalue weighted by molar-refractivity contribution is 0.253. The van der Waals surface area contributed by atoms with Crippen LogP contribution in [0.15, 0.2) is 47.2 Å². The van der Waals surface area contributed by atoms with Crippen LogP contribution in [0.3, 0.4) is 0 Å². The maximum atomic E-state index is 6.00. The van der Waals surface area contributed by atoms with E-state index < -0.39 is 0 Å². The number of rotatable bonds is 6. The minimum Gasteiger partial charge on any atom is -0.329 e. The molecular formula is C17H22BrN3. The van der Waals surface area contributed by atoms with Crippen LogP contribution in [0.4, 0.5) is 0 Å². The van der Waals surface area contributed by atoms with Crippen molar-refractivity contribution in [2.75, 3.05) is 20.1 Å². The Kier molecular flexibility index (Phi) is 5.91. The summed E-state index contributed by atoms with van der Waals surface area (Å²) < 4.78 is 1.14. The molecule has 2 N–H and O–H groups in total. The van der Waals surface area contributed by atoms with E-state index in [0.717, 1.165) is 17.4 Å².